The van der Waals surface area contributed by atoms with Gasteiger partial charge in [0.2, 0.25) is 0 Å². The van der Waals surface area contributed by atoms with Crippen molar-refractivity contribution in [1.82, 2.24) is 10.2 Å². The topological polar surface area (TPSA) is 15.3 Å². The zero-order valence-corrected chi connectivity index (χ0v) is 13.1. The molecule has 2 aliphatic rings. The molecule has 0 aliphatic carbocycles. The molecule has 1 aromatic rings. The second-order valence-corrected chi connectivity index (χ2v) is 6.24. The summed E-state index contributed by atoms with van der Waals surface area (Å²) in [6.07, 6.45) is 3.90. The Labute approximate surface area is 130 Å². The molecule has 2 heterocycles. The van der Waals surface area contributed by atoms with Crippen LogP contribution in [0.15, 0.2) is 18.2 Å². The van der Waals surface area contributed by atoms with Gasteiger partial charge in [-0.3, -0.25) is 4.90 Å². The summed E-state index contributed by atoms with van der Waals surface area (Å²) in [5, 5.41) is 5.28. The van der Waals surface area contributed by atoms with E-state index in [1.54, 1.807) is 0 Å². The van der Waals surface area contributed by atoms with Crippen LogP contribution in [-0.2, 0) is 6.54 Å². The third kappa shape index (κ3) is 3.77. The van der Waals surface area contributed by atoms with Crippen molar-refractivity contribution in [1.29, 1.82) is 0 Å². The highest BCUT2D eigenvalue weighted by atomic mass is 35.5. The van der Waals surface area contributed by atoms with Crippen molar-refractivity contribution in [2.45, 2.75) is 37.9 Å². The average Bonchev–Trinajstić information content (AvgIpc) is 2.67. The van der Waals surface area contributed by atoms with E-state index in [1.807, 2.05) is 18.2 Å². The third-order valence-corrected chi connectivity index (χ3v) is 4.61. The predicted octanol–water partition coefficient (Wildman–Crippen LogP) is 3.74. The minimum absolute atomic E-state index is 0. The molecule has 2 unspecified atom stereocenters. The standard InChI is InChI=1S/C14H18Cl2N2.ClH/c15-11-1-4-14(16)10(7-11)8-18-6-5-12-2-3-13(9-18)17-12;/h1,4,7,12-13,17H,2-3,5-6,8-9H2;1H. The van der Waals surface area contributed by atoms with Crippen LogP contribution < -0.4 is 5.32 Å². The number of halogens is 3. The Bertz CT molecular complexity index is 439. The van der Waals surface area contributed by atoms with Gasteiger partial charge in [0.1, 0.15) is 0 Å². The number of nitrogens with one attached hydrogen (secondary N) is 1. The fraction of sp³-hybridized carbons (Fsp3) is 0.571. The second-order valence-electron chi connectivity index (χ2n) is 5.40. The predicted molar refractivity (Wildman–Crippen MR) is 83.5 cm³/mol. The van der Waals surface area contributed by atoms with E-state index in [4.69, 9.17) is 23.2 Å². The number of nitrogens with zero attached hydrogens (tertiary/aromatic N) is 1. The highest BCUT2D eigenvalue weighted by Gasteiger charge is 2.29. The minimum atomic E-state index is 0. The molecule has 0 amide bonds. The van der Waals surface area contributed by atoms with Crippen LogP contribution in [0, 0.1) is 0 Å². The molecule has 0 saturated carbocycles. The quantitative estimate of drug-likeness (QED) is 0.892. The van der Waals surface area contributed by atoms with E-state index in [2.05, 4.69) is 10.2 Å². The largest absolute Gasteiger partial charge is 0.310 e. The molecule has 2 fully saturated rings. The van der Waals surface area contributed by atoms with Crippen LogP contribution in [0.25, 0.3) is 0 Å². The van der Waals surface area contributed by atoms with Crippen LogP contribution in [-0.4, -0.2) is 30.1 Å². The lowest BCUT2D eigenvalue weighted by Gasteiger charge is -2.24. The maximum Gasteiger partial charge on any atom is 0.0452 e. The third-order valence-electron chi connectivity index (χ3n) is 4.01. The molecule has 19 heavy (non-hydrogen) atoms. The first-order valence-corrected chi connectivity index (χ1v) is 7.38. The van der Waals surface area contributed by atoms with Crippen molar-refractivity contribution in [3.05, 3.63) is 33.8 Å². The van der Waals surface area contributed by atoms with Gasteiger partial charge in [0, 0.05) is 41.8 Å². The number of hydrogen-bond acceptors (Lipinski definition) is 2. The number of rotatable bonds is 2. The summed E-state index contributed by atoms with van der Waals surface area (Å²) in [5.41, 5.74) is 1.14. The Hall–Kier alpha value is 0.01000. The molecule has 1 N–H and O–H groups in total. The van der Waals surface area contributed by atoms with E-state index < -0.39 is 0 Å². The summed E-state index contributed by atoms with van der Waals surface area (Å²) in [6, 6.07) is 7.12. The zero-order chi connectivity index (χ0) is 12.5. The number of likely N-dealkylation sites (tertiary alicyclic amines) is 1. The van der Waals surface area contributed by atoms with Crippen LogP contribution >= 0.6 is 35.6 Å². The fourth-order valence-corrected chi connectivity index (χ4v) is 3.44. The van der Waals surface area contributed by atoms with Crippen molar-refractivity contribution in [3.8, 4) is 0 Å². The highest BCUT2D eigenvalue weighted by molar-refractivity contribution is 6.33. The molecule has 2 saturated heterocycles. The Morgan fingerprint density at radius 2 is 1.95 bits per heavy atom. The Morgan fingerprint density at radius 1 is 1.16 bits per heavy atom. The van der Waals surface area contributed by atoms with Gasteiger partial charge in [-0.05, 0) is 43.0 Å². The smallest absolute Gasteiger partial charge is 0.0452 e. The van der Waals surface area contributed by atoms with Crippen molar-refractivity contribution in [2.24, 2.45) is 0 Å². The summed E-state index contributed by atoms with van der Waals surface area (Å²) in [7, 11) is 0. The molecule has 2 atom stereocenters. The van der Waals surface area contributed by atoms with Crippen molar-refractivity contribution >= 4 is 35.6 Å². The Kier molecular flexibility index (Phi) is 5.38. The lowest BCUT2D eigenvalue weighted by Crippen LogP contribution is -2.35. The summed E-state index contributed by atoms with van der Waals surface area (Å²) < 4.78 is 0. The normalized spacial score (nSPS) is 26.8. The maximum atomic E-state index is 6.23. The van der Waals surface area contributed by atoms with Gasteiger partial charge in [-0.1, -0.05) is 23.2 Å². The molecule has 2 aliphatic heterocycles. The van der Waals surface area contributed by atoms with E-state index in [0.717, 1.165) is 41.3 Å². The lowest BCUT2D eigenvalue weighted by atomic mass is 10.1. The van der Waals surface area contributed by atoms with E-state index in [1.165, 1.54) is 19.3 Å². The lowest BCUT2D eigenvalue weighted by molar-refractivity contribution is 0.251. The molecule has 3 rings (SSSR count). The van der Waals surface area contributed by atoms with Gasteiger partial charge in [0.15, 0.2) is 0 Å². The van der Waals surface area contributed by atoms with Crippen LogP contribution in [0.5, 0.6) is 0 Å². The first kappa shape index (κ1) is 15.4. The molecule has 2 bridgehead atoms. The maximum absolute atomic E-state index is 6.23. The van der Waals surface area contributed by atoms with Gasteiger partial charge in [0.25, 0.3) is 0 Å². The van der Waals surface area contributed by atoms with Crippen LogP contribution in [0.1, 0.15) is 24.8 Å². The Morgan fingerprint density at radius 3 is 2.79 bits per heavy atom. The molecule has 0 radical (unpaired) electrons. The summed E-state index contributed by atoms with van der Waals surface area (Å²) in [4.78, 5) is 2.49. The number of benzene rings is 1. The summed E-state index contributed by atoms with van der Waals surface area (Å²) in [6.45, 7) is 3.18. The van der Waals surface area contributed by atoms with E-state index in [0.29, 0.717) is 6.04 Å². The Balaban J connectivity index is 0.00000133. The molecule has 106 valence electrons. The van der Waals surface area contributed by atoms with Gasteiger partial charge >= 0.3 is 0 Å². The van der Waals surface area contributed by atoms with Crippen LogP contribution in [0.2, 0.25) is 10.0 Å². The van der Waals surface area contributed by atoms with E-state index in [-0.39, 0.29) is 12.4 Å². The molecule has 5 heteroatoms. The van der Waals surface area contributed by atoms with Gasteiger partial charge < -0.3 is 5.32 Å². The van der Waals surface area contributed by atoms with Crippen LogP contribution in [0.4, 0.5) is 0 Å². The van der Waals surface area contributed by atoms with E-state index in [9.17, 15) is 0 Å². The second kappa shape index (κ2) is 6.64. The van der Waals surface area contributed by atoms with Crippen molar-refractivity contribution in [3.63, 3.8) is 0 Å². The highest BCUT2D eigenvalue weighted by Crippen LogP contribution is 2.25. The first-order chi connectivity index (χ1) is 8.70. The average molecular weight is 322 g/mol. The summed E-state index contributed by atoms with van der Waals surface area (Å²) >= 11 is 12.3. The number of hydrogen-bond donors (Lipinski definition) is 1. The zero-order valence-electron chi connectivity index (χ0n) is 10.7. The molecule has 0 spiro atoms. The molecular weight excluding hydrogens is 303 g/mol. The molecular formula is C14H19Cl3N2. The molecule has 2 nitrogen and oxygen atoms in total. The van der Waals surface area contributed by atoms with E-state index >= 15 is 0 Å². The van der Waals surface area contributed by atoms with Gasteiger partial charge in [-0.25, -0.2) is 0 Å². The molecule has 1 aromatic carbocycles. The fourth-order valence-electron chi connectivity index (χ4n) is 3.06. The first-order valence-electron chi connectivity index (χ1n) is 6.63. The SMILES string of the molecule is Cl.Clc1ccc(Cl)c(CN2CCC3CCC(C2)N3)c1. The molecule has 0 aromatic heterocycles. The van der Waals surface area contributed by atoms with Crippen molar-refractivity contribution in [2.75, 3.05) is 13.1 Å². The van der Waals surface area contributed by atoms with Gasteiger partial charge in [-0.15, -0.1) is 12.4 Å². The van der Waals surface area contributed by atoms with Crippen LogP contribution in [0.3, 0.4) is 0 Å². The monoisotopic (exact) mass is 320 g/mol. The van der Waals surface area contributed by atoms with Gasteiger partial charge in [-0.2, -0.15) is 0 Å². The minimum Gasteiger partial charge on any atom is -0.310 e. The van der Waals surface area contributed by atoms with Crippen molar-refractivity contribution < 1.29 is 0 Å². The number of fused-ring (bicyclic) bond motifs is 2. The summed E-state index contributed by atoms with van der Waals surface area (Å²) in [5.74, 6) is 0. The van der Waals surface area contributed by atoms with Gasteiger partial charge in [0.05, 0.1) is 0 Å².